The standard InChI is InChI=1S/C12H10ClFN2O/c1-16-5-4-9(15-16)7-12(17)10-3-2-8(13)6-11(10)14/h2-6H,7H2,1H3. The van der Waals surface area contributed by atoms with Gasteiger partial charge in [-0.25, -0.2) is 4.39 Å². The second kappa shape index (κ2) is 4.67. The Balaban J connectivity index is 2.20. The van der Waals surface area contributed by atoms with Crippen molar-refractivity contribution >= 4 is 17.4 Å². The number of carbonyl (C=O) groups excluding carboxylic acids is 1. The van der Waals surface area contributed by atoms with Crippen LogP contribution in [0.15, 0.2) is 30.5 Å². The van der Waals surface area contributed by atoms with Crippen LogP contribution < -0.4 is 0 Å². The van der Waals surface area contributed by atoms with E-state index >= 15 is 0 Å². The van der Waals surface area contributed by atoms with Gasteiger partial charge in [-0.3, -0.25) is 9.48 Å². The topological polar surface area (TPSA) is 34.9 Å². The molecule has 0 amide bonds. The van der Waals surface area contributed by atoms with Crippen LogP contribution in [0.5, 0.6) is 0 Å². The minimum Gasteiger partial charge on any atom is -0.294 e. The van der Waals surface area contributed by atoms with Gasteiger partial charge in [0, 0.05) is 18.3 Å². The van der Waals surface area contributed by atoms with Crippen molar-refractivity contribution in [1.29, 1.82) is 0 Å². The van der Waals surface area contributed by atoms with Crippen molar-refractivity contribution in [2.24, 2.45) is 7.05 Å². The van der Waals surface area contributed by atoms with Crippen LogP contribution in [-0.4, -0.2) is 15.6 Å². The number of aromatic nitrogens is 2. The first-order chi connectivity index (χ1) is 8.06. The number of carbonyl (C=O) groups is 1. The van der Waals surface area contributed by atoms with Crippen molar-refractivity contribution in [2.75, 3.05) is 0 Å². The summed E-state index contributed by atoms with van der Waals surface area (Å²) >= 11 is 5.62. The van der Waals surface area contributed by atoms with Gasteiger partial charge in [0.25, 0.3) is 0 Å². The maximum absolute atomic E-state index is 13.5. The zero-order valence-electron chi connectivity index (χ0n) is 9.15. The first-order valence-electron chi connectivity index (χ1n) is 5.03. The Morgan fingerprint density at radius 3 is 2.82 bits per heavy atom. The highest BCUT2D eigenvalue weighted by Crippen LogP contribution is 2.16. The summed E-state index contributed by atoms with van der Waals surface area (Å²) in [5.41, 5.74) is 0.659. The summed E-state index contributed by atoms with van der Waals surface area (Å²) in [6.07, 6.45) is 1.82. The average Bonchev–Trinajstić information content (AvgIpc) is 2.63. The number of aryl methyl sites for hydroxylation is 1. The number of ketones is 1. The molecule has 0 saturated heterocycles. The summed E-state index contributed by atoms with van der Waals surface area (Å²) in [7, 11) is 1.76. The smallest absolute Gasteiger partial charge is 0.171 e. The molecule has 5 heteroatoms. The van der Waals surface area contributed by atoms with Crippen molar-refractivity contribution in [3.63, 3.8) is 0 Å². The molecular formula is C12H10ClFN2O. The Bertz CT molecular complexity index is 565. The lowest BCUT2D eigenvalue weighted by molar-refractivity contribution is 0.0988. The predicted molar refractivity (Wildman–Crippen MR) is 62.7 cm³/mol. The van der Waals surface area contributed by atoms with E-state index in [0.717, 1.165) is 6.07 Å². The molecule has 0 unspecified atom stereocenters. The lowest BCUT2D eigenvalue weighted by Gasteiger charge is -2.01. The van der Waals surface area contributed by atoms with E-state index in [1.54, 1.807) is 24.0 Å². The Morgan fingerprint density at radius 2 is 2.24 bits per heavy atom. The summed E-state index contributed by atoms with van der Waals surface area (Å²) in [4.78, 5) is 11.8. The van der Waals surface area contributed by atoms with Crippen molar-refractivity contribution in [2.45, 2.75) is 6.42 Å². The molecule has 1 aromatic heterocycles. The van der Waals surface area contributed by atoms with Crippen molar-refractivity contribution in [1.82, 2.24) is 9.78 Å². The Kier molecular flexibility index (Phi) is 3.24. The SMILES string of the molecule is Cn1ccc(CC(=O)c2ccc(Cl)cc2F)n1. The second-order valence-corrected chi connectivity index (χ2v) is 4.14. The van der Waals surface area contributed by atoms with Gasteiger partial charge >= 0.3 is 0 Å². The Morgan fingerprint density at radius 1 is 1.47 bits per heavy atom. The molecular weight excluding hydrogens is 243 g/mol. The van der Waals surface area contributed by atoms with Crippen LogP contribution in [0, 0.1) is 5.82 Å². The molecule has 0 radical (unpaired) electrons. The summed E-state index contributed by atoms with van der Waals surface area (Å²) in [6, 6.07) is 5.75. The van der Waals surface area contributed by atoms with Crippen molar-refractivity contribution in [3.05, 3.63) is 52.6 Å². The highest BCUT2D eigenvalue weighted by atomic mass is 35.5. The molecule has 2 aromatic rings. The van der Waals surface area contributed by atoms with Crippen LogP contribution >= 0.6 is 11.6 Å². The zero-order valence-corrected chi connectivity index (χ0v) is 9.91. The van der Waals surface area contributed by atoms with Crippen molar-refractivity contribution in [3.8, 4) is 0 Å². The third-order valence-corrected chi connectivity index (χ3v) is 2.58. The molecule has 2 rings (SSSR count). The van der Waals surface area contributed by atoms with Gasteiger partial charge < -0.3 is 0 Å². The monoisotopic (exact) mass is 252 g/mol. The number of nitrogens with zero attached hydrogens (tertiary/aromatic N) is 2. The maximum Gasteiger partial charge on any atom is 0.171 e. The summed E-state index contributed by atoms with van der Waals surface area (Å²) in [6.45, 7) is 0. The number of Topliss-reactive ketones (excluding diaryl/α,β-unsaturated/α-hetero) is 1. The quantitative estimate of drug-likeness (QED) is 0.787. The first-order valence-corrected chi connectivity index (χ1v) is 5.41. The number of halogens is 2. The number of rotatable bonds is 3. The molecule has 88 valence electrons. The van der Waals surface area contributed by atoms with Crippen LogP contribution in [0.2, 0.25) is 5.02 Å². The molecule has 0 fully saturated rings. The predicted octanol–water partition coefficient (Wildman–Crippen LogP) is 2.64. The van der Waals surface area contributed by atoms with Gasteiger partial charge in [0.2, 0.25) is 0 Å². The van der Waals surface area contributed by atoms with E-state index in [1.165, 1.54) is 12.1 Å². The highest BCUT2D eigenvalue weighted by molar-refractivity contribution is 6.30. The average molecular weight is 253 g/mol. The molecule has 1 heterocycles. The lowest BCUT2D eigenvalue weighted by atomic mass is 10.1. The third kappa shape index (κ3) is 2.71. The molecule has 3 nitrogen and oxygen atoms in total. The van der Waals surface area contributed by atoms with E-state index in [-0.39, 0.29) is 22.8 Å². The van der Waals surface area contributed by atoms with Gasteiger partial charge in [-0.1, -0.05) is 11.6 Å². The van der Waals surface area contributed by atoms with E-state index in [2.05, 4.69) is 5.10 Å². The number of hydrogen-bond donors (Lipinski definition) is 0. The minimum absolute atomic E-state index is 0.0417. The fourth-order valence-corrected chi connectivity index (χ4v) is 1.69. The lowest BCUT2D eigenvalue weighted by Crippen LogP contribution is -2.07. The third-order valence-electron chi connectivity index (χ3n) is 2.34. The van der Waals surface area contributed by atoms with Gasteiger partial charge in [0.1, 0.15) is 5.82 Å². The van der Waals surface area contributed by atoms with Gasteiger partial charge in [0.15, 0.2) is 5.78 Å². The minimum atomic E-state index is -0.599. The van der Waals surface area contributed by atoms with E-state index in [4.69, 9.17) is 11.6 Å². The van der Waals surface area contributed by atoms with Crippen LogP contribution in [0.4, 0.5) is 4.39 Å². The molecule has 0 aliphatic heterocycles. The van der Waals surface area contributed by atoms with E-state index in [0.29, 0.717) is 5.69 Å². The summed E-state index contributed by atoms with van der Waals surface area (Å²) < 4.78 is 15.1. The molecule has 0 atom stereocenters. The molecule has 0 saturated carbocycles. The molecule has 0 N–H and O–H groups in total. The molecule has 17 heavy (non-hydrogen) atoms. The fourth-order valence-electron chi connectivity index (χ4n) is 1.53. The summed E-state index contributed by atoms with van der Waals surface area (Å²) in [5, 5.41) is 4.35. The van der Waals surface area contributed by atoms with Crippen molar-refractivity contribution < 1.29 is 9.18 Å². The highest BCUT2D eigenvalue weighted by Gasteiger charge is 2.13. The van der Waals surface area contributed by atoms with E-state index in [9.17, 15) is 9.18 Å². The van der Waals surface area contributed by atoms with E-state index < -0.39 is 5.82 Å². The summed E-state index contributed by atoms with van der Waals surface area (Å²) in [5.74, 6) is -0.906. The van der Waals surface area contributed by atoms with Crippen LogP contribution in [-0.2, 0) is 13.5 Å². The van der Waals surface area contributed by atoms with Gasteiger partial charge in [-0.15, -0.1) is 0 Å². The van der Waals surface area contributed by atoms with E-state index in [1.807, 2.05) is 0 Å². The van der Waals surface area contributed by atoms with Crippen LogP contribution in [0.25, 0.3) is 0 Å². The molecule has 1 aromatic carbocycles. The maximum atomic E-state index is 13.5. The number of benzene rings is 1. The largest absolute Gasteiger partial charge is 0.294 e. The fraction of sp³-hybridized carbons (Fsp3) is 0.167. The molecule has 0 bridgehead atoms. The normalized spacial score (nSPS) is 10.5. The van der Waals surface area contributed by atoms with Gasteiger partial charge in [-0.05, 0) is 24.3 Å². The molecule has 0 aliphatic carbocycles. The van der Waals surface area contributed by atoms with Gasteiger partial charge in [0.05, 0.1) is 17.7 Å². The molecule has 0 spiro atoms. The zero-order chi connectivity index (χ0) is 12.4. The Labute approximate surface area is 103 Å². The van der Waals surface area contributed by atoms with Crippen LogP contribution in [0.3, 0.4) is 0 Å². The van der Waals surface area contributed by atoms with Crippen LogP contribution in [0.1, 0.15) is 16.1 Å². The first kappa shape index (κ1) is 11.8. The second-order valence-electron chi connectivity index (χ2n) is 3.70. The Hall–Kier alpha value is -1.68. The number of hydrogen-bond acceptors (Lipinski definition) is 2. The van der Waals surface area contributed by atoms with Gasteiger partial charge in [-0.2, -0.15) is 5.10 Å². The molecule has 0 aliphatic rings.